The summed E-state index contributed by atoms with van der Waals surface area (Å²) in [4.78, 5) is 45.6. The number of amides is 4. The highest BCUT2D eigenvalue weighted by Crippen LogP contribution is 2.32. The lowest BCUT2D eigenvalue weighted by molar-refractivity contribution is -0.170. The van der Waals surface area contributed by atoms with Gasteiger partial charge in [-0.05, 0) is 40.6 Å². The molecule has 0 saturated carbocycles. The molecule has 0 aromatic heterocycles. The SMILES string of the molecule is CC[C@H](C)[C@H]1C(=O)N(Cc2ccc(F)c3ccccc23)C[C@@H]2N(C(=O)NCc3ccc(Br)cc3)CCC(=O)N12. The van der Waals surface area contributed by atoms with E-state index in [2.05, 4.69) is 21.2 Å². The first-order valence-electron chi connectivity index (χ1n) is 13.3. The van der Waals surface area contributed by atoms with Gasteiger partial charge in [-0.2, -0.15) is 0 Å². The second kappa shape index (κ2) is 11.3. The van der Waals surface area contributed by atoms with Crippen LogP contribution in [-0.4, -0.2) is 57.8 Å². The third-order valence-corrected chi connectivity index (χ3v) is 8.44. The summed E-state index contributed by atoms with van der Waals surface area (Å²) in [7, 11) is 0. The quantitative estimate of drug-likeness (QED) is 0.422. The molecule has 0 spiro atoms. The van der Waals surface area contributed by atoms with E-state index in [1.165, 1.54) is 6.07 Å². The van der Waals surface area contributed by atoms with E-state index in [0.717, 1.165) is 21.0 Å². The van der Waals surface area contributed by atoms with Gasteiger partial charge in [0.15, 0.2) is 0 Å². The van der Waals surface area contributed by atoms with E-state index in [9.17, 15) is 18.8 Å². The minimum Gasteiger partial charge on any atom is -0.334 e. The molecular formula is C30H32BrFN4O3. The molecular weight excluding hydrogens is 563 g/mol. The number of rotatable bonds is 6. The highest BCUT2D eigenvalue weighted by atomic mass is 79.9. The number of carbonyl (C=O) groups is 3. The summed E-state index contributed by atoms with van der Waals surface area (Å²) in [6.07, 6.45) is 0.292. The Balaban J connectivity index is 1.44. The summed E-state index contributed by atoms with van der Waals surface area (Å²) in [5.41, 5.74) is 1.78. The molecule has 39 heavy (non-hydrogen) atoms. The zero-order chi connectivity index (χ0) is 27.7. The van der Waals surface area contributed by atoms with Crippen molar-refractivity contribution < 1.29 is 18.8 Å². The molecule has 3 aromatic rings. The first kappa shape index (κ1) is 27.1. The molecule has 5 rings (SSSR count). The van der Waals surface area contributed by atoms with E-state index in [0.29, 0.717) is 18.4 Å². The van der Waals surface area contributed by atoms with Crippen LogP contribution in [0.15, 0.2) is 65.1 Å². The first-order valence-corrected chi connectivity index (χ1v) is 14.1. The van der Waals surface area contributed by atoms with Crippen LogP contribution < -0.4 is 5.32 Å². The molecule has 2 aliphatic heterocycles. The van der Waals surface area contributed by atoms with E-state index in [1.807, 2.05) is 50.2 Å². The van der Waals surface area contributed by atoms with Crippen molar-refractivity contribution in [1.82, 2.24) is 20.0 Å². The van der Waals surface area contributed by atoms with Crippen LogP contribution in [0.5, 0.6) is 0 Å². The van der Waals surface area contributed by atoms with Crippen molar-refractivity contribution in [3.05, 3.63) is 82.1 Å². The van der Waals surface area contributed by atoms with Gasteiger partial charge in [0.05, 0.1) is 6.54 Å². The average Bonchev–Trinajstić information content (AvgIpc) is 2.94. The molecule has 2 aliphatic rings. The number of carbonyl (C=O) groups excluding carboxylic acids is 3. The molecule has 1 N–H and O–H groups in total. The second-order valence-electron chi connectivity index (χ2n) is 10.3. The summed E-state index contributed by atoms with van der Waals surface area (Å²) >= 11 is 3.42. The van der Waals surface area contributed by atoms with Crippen LogP contribution in [-0.2, 0) is 22.7 Å². The van der Waals surface area contributed by atoms with E-state index in [1.54, 1.807) is 32.9 Å². The van der Waals surface area contributed by atoms with Crippen LogP contribution in [0, 0.1) is 11.7 Å². The summed E-state index contributed by atoms with van der Waals surface area (Å²) in [5.74, 6) is -0.654. The zero-order valence-corrected chi connectivity index (χ0v) is 23.7. The molecule has 3 aromatic carbocycles. The largest absolute Gasteiger partial charge is 0.334 e. The number of nitrogens with one attached hydrogen (secondary N) is 1. The minimum atomic E-state index is -0.671. The monoisotopic (exact) mass is 594 g/mol. The lowest BCUT2D eigenvalue weighted by atomic mass is 9.91. The van der Waals surface area contributed by atoms with Gasteiger partial charge in [0.25, 0.3) is 0 Å². The zero-order valence-electron chi connectivity index (χ0n) is 22.1. The van der Waals surface area contributed by atoms with Gasteiger partial charge in [-0.15, -0.1) is 0 Å². The fraction of sp³-hybridized carbons (Fsp3) is 0.367. The number of urea groups is 1. The molecule has 4 amide bonds. The van der Waals surface area contributed by atoms with Crippen LogP contribution in [0.4, 0.5) is 9.18 Å². The normalized spacial score (nSPS) is 20.3. The molecule has 0 bridgehead atoms. The van der Waals surface area contributed by atoms with E-state index >= 15 is 0 Å². The summed E-state index contributed by atoms with van der Waals surface area (Å²) < 4.78 is 15.4. The van der Waals surface area contributed by atoms with Gasteiger partial charge < -0.3 is 20.0 Å². The standard InChI is InChI=1S/C30H32BrFN4O3/c1-3-19(2)28-29(38)34(17-21-10-13-25(32)24-7-5-4-6-23(21)24)18-26-35(15-14-27(37)36(26)28)30(39)33-16-20-8-11-22(31)12-9-20/h4-13,19,26,28H,3,14-18H2,1-2H3,(H,33,39)/t19-,26+,28-/m0/s1. The van der Waals surface area contributed by atoms with Crippen LogP contribution in [0.25, 0.3) is 10.8 Å². The minimum absolute atomic E-state index is 0.0949. The fourth-order valence-corrected chi connectivity index (χ4v) is 5.86. The fourth-order valence-electron chi connectivity index (χ4n) is 5.60. The topological polar surface area (TPSA) is 73.0 Å². The van der Waals surface area contributed by atoms with Gasteiger partial charge in [0, 0.05) is 35.9 Å². The molecule has 204 valence electrons. The van der Waals surface area contributed by atoms with Crippen molar-refractivity contribution >= 4 is 44.5 Å². The molecule has 7 nitrogen and oxygen atoms in total. The van der Waals surface area contributed by atoms with Crippen LogP contribution in [0.2, 0.25) is 0 Å². The predicted octanol–water partition coefficient (Wildman–Crippen LogP) is 5.27. The van der Waals surface area contributed by atoms with Gasteiger partial charge in [0.1, 0.15) is 18.0 Å². The van der Waals surface area contributed by atoms with Crippen molar-refractivity contribution in [2.45, 2.75) is 52.0 Å². The number of benzene rings is 3. The molecule has 3 atom stereocenters. The number of nitrogens with zero attached hydrogens (tertiary/aromatic N) is 3. The van der Waals surface area contributed by atoms with Crippen LogP contribution in [0.1, 0.15) is 37.8 Å². The molecule has 0 aliphatic carbocycles. The Morgan fingerprint density at radius 3 is 2.51 bits per heavy atom. The number of fused-ring (bicyclic) bond motifs is 2. The number of hydrogen-bond acceptors (Lipinski definition) is 3. The molecule has 2 saturated heterocycles. The Morgan fingerprint density at radius 1 is 1.08 bits per heavy atom. The second-order valence-corrected chi connectivity index (χ2v) is 11.2. The first-order chi connectivity index (χ1) is 18.8. The average molecular weight is 596 g/mol. The molecule has 0 unspecified atom stereocenters. The van der Waals surface area contributed by atoms with Gasteiger partial charge in [-0.25, -0.2) is 9.18 Å². The van der Waals surface area contributed by atoms with Crippen molar-refractivity contribution in [2.75, 3.05) is 13.1 Å². The molecule has 0 radical (unpaired) electrons. The van der Waals surface area contributed by atoms with Crippen molar-refractivity contribution in [3.8, 4) is 0 Å². The van der Waals surface area contributed by atoms with E-state index < -0.39 is 12.2 Å². The van der Waals surface area contributed by atoms with Crippen LogP contribution in [0.3, 0.4) is 0 Å². The number of halogens is 2. The maximum Gasteiger partial charge on any atom is 0.319 e. The summed E-state index contributed by atoms with van der Waals surface area (Å²) in [6, 6.07) is 17.1. The Labute approximate surface area is 236 Å². The smallest absolute Gasteiger partial charge is 0.319 e. The lowest BCUT2D eigenvalue weighted by Crippen LogP contribution is -2.72. The van der Waals surface area contributed by atoms with Gasteiger partial charge in [-0.3, -0.25) is 9.59 Å². The Bertz CT molecular complexity index is 1400. The van der Waals surface area contributed by atoms with Crippen molar-refractivity contribution in [3.63, 3.8) is 0 Å². The van der Waals surface area contributed by atoms with Crippen molar-refractivity contribution in [2.24, 2.45) is 5.92 Å². The van der Waals surface area contributed by atoms with Crippen LogP contribution >= 0.6 is 15.9 Å². The van der Waals surface area contributed by atoms with Crippen molar-refractivity contribution in [1.29, 1.82) is 0 Å². The van der Waals surface area contributed by atoms with E-state index in [4.69, 9.17) is 0 Å². The Hall–Kier alpha value is -3.46. The molecule has 2 fully saturated rings. The lowest BCUT2D eigenvalue weighted by Gasteiger charge is -2.53. The molecule has 2 heterocycles. The third-order valence-electron chi connectivity index (χ3n) is 7.91. The maximum absolute atomic E-state index is 14.5. The Morgan fingerprint density at radius 2 is 1.79 bits per heavy atom. The molecule has 9 heteroatoms. The van der Waals surface area contributed by atoms with Gasteiger partial charge >= 0.3 is 6.03 Å². The Kier molecular flexibility index (Phi) is 7.88. The van der Waals surface area contributed by atoms with Gasteiger partial charge in [0.2, 0.25) is 11.8 Å². The van der Waals surface area contributed by atoms with Gasteiger partial charge in [-0.1, -0.05) is 78.7 Å². The highest BCUT2D eigenvalue weighted by molar-refractivity contribution is 9.10. The number of piperazine rings is 1. The summed E-state index contributed by atoms with van der Waals surface area (Å²) in [6.45, 7) is 5.05. The highest BCUT2D eigenvalue weighted by Gasteiger charge is 2.50. The maximum atomic E-state index is 14.5. The number of hydrogen-bond donors (Lipinski definition) is 1. The third kappa shape index (κ3) is 5.37. The summed E-state index contributed by atoms with van der Waals surface area (Å²) in [5, 5.41) is 4.24. The van der Waals surface area contributed by atoms with E-state index in [-0.39, 0.29) is 55.6 Å². The predicted molar refractivity (Wildman–Crippen MR) is 151 cm³/mol.